The van der Waals surface area contributed by atoms with Crippen molar-refractivity contribution in [3.8, 4) is 0 Å². The molecule has 100 valence electrons. The molecule has 1 N–H and O–H groups in total. The standard InChI is InChI=1S/C15H23NOS/c1-11(2)15-14(13-7-5-4-6-8-13)16-9-12(3)10-18(15)17/h4-8,11-12,14-16H,9-10H2,1-3H3. The Morgan fingerprint density at radius 3 is 2.56 bits per heavy atom. The van der Waals surface area contributed by atoms with Gasteiger partial charge in [0.2, 0.25) is 0 Å². The largest absolute Gasteiger partial charge is 0.309 e. The highest BCUT2D eigenvalue weighted by atomic mass is 32.2. The molecule has 2 rings (SSSR count). The van der Waals surface area contributed by atoms with Crippen molar-refractivity contribution in [2.24, 2.45) is 11.8 Å². The molecule has 0 amide bonds. The molecule has 1 fully saturated rings. The second-order valence-electron chi connectivity index (χ2n) is 5.66. The molecule has 1 aromatic rings. The fourth-order valence-electron chi connectivity index (χ4n) is 2.70. The lowest BCUT2D eigenvalue weighted by atomic mass is 9.96. The van der Waals surface area contributed by atoms with Gasteiger partial charge in [-0.2, -0.15) is 0 Å². The predicted molar refractivity (Wildman–Crippen MR) is 78.0 cm³/mol. The fourth-order valence-corrected chi connectivity index (χ4v) is 4.77. The van der Waals surface area contributed by atoms with Crippen molar-refractivity contribution in [2.75, 3.05) is 12.3 Å². The van der Waals surface area contributed by atoms with E-state index in [1.807, 2.05) is 6.07 Å². The van der Waals surface area contributed by atoms with E-state index in [1.54, 1.807) is 0 Å². The van der Waals surface area contributed by atoms with Gasteiger partial charge in [-0.1, -0.05) is 51.1 Å². The zero-order chi connectivity index (χ0) is 13.1. The third-order valence-corrected chi connectivity index (χ3v) is 5.90. The van der Waals surface area contributed by atoms with E-state index in [2.05, 4.69) is 50.4 Å². The molecule has 1 saturated heterocycles. The van der Waals surface area contributed by atoms with Crippen LogP contribution in [0.5, 0.6) is 0 Å². The number of hydrogen-bond acceptors (Lipinski definition) is 2. The summed E-state index contributed by atoms with van der Waals surface area (Å²) in [6.07, 6.45) is 0. The number of hydrogen-bond donors (Lipinski definition) is 1. The third kappa shape index (κ3) is 3.01. The second kappa shape index (κ2) is 5.98. The number of benzene rings is 1. The lowest BCUT2D eigenvalue weighted by Gasteiger charge is -2.28. The maximum atomic E-state index is 12.5. The minimum absolute atomic E-state index is 0.206. The average molecular weight is 265 g/mol. The Labute approximate surface area is 113 Å². The molecule has 1 aromatic carbocycles. The first-order valence-corrected chi connectivity index (χ1v) is 8.13. The molecule has 1 aliphatic rings. The summed E-state index contributed by atoms with van der Waals surface area (Å²) in [6.45, 7) is 7.48. The zero-order valence-electron chi connectivity index (χ0n) is 11.4. The summed E-state index contributed by atoms with van der Waals surface area (Å²) in [5, 5.41) is 3.82. The van der Waals surface area contributed by atoms with Gasteiger partial charge in [0.25, 0.3) is 0 Å². The highest BCUT2D eigenvalue weighted by molar-refractivity contribution is 7.85. The van der Waals surface area contributed by atoms with E-state index < -0.39 is 10.8 Å². The van der Waals surface area contributed by atoms with E-state index in [-0.39, 0.29) is 11.3 Å². The summed E-state index contributed by atoms with van der Waals surface area (Å²) in [6, 6.07) is 10.7. The normalized spacial score (nSPS) is 33.3. The minimum atomic E-state index is -0.749. The van der Waals surface area contributed by atoms with E-state index in [0.29, 0.717) is 11.8 Å². The zero-order valence-corrected chi connectivity index (χ0v) is 12.2. The Kier molecular flexibility index (Phi) is 4.57. The number of nitrogens with one attached hydrogen (secondary N) is 1. The Morgan fingerprint density at radius 2 is 1.94 bits per heavy atom. The predicted octanol–water partition coefficient (Wildman–Crippen LogP) is 2.74. The molecule has 1 aliphatic heterocycles. The molecule has 0 aliphatic carbocycles. The van der Waals surface area contributed by atoms with E-state index in [1.165, 1.54) is 5.56 Å². The van der Waals surface area contributed by atoms with Crippen molar-refractivity contribution < 1.29 is 4.21 Å². The monoisotopic (exact) mass is 265 g/mol. The molecule has 0 saturated carbocycles. The Hall–Kier alpha value is -0.670. The SMILES string of the molecule is CC1CNC(c2ccccc2)C(C(C)C)S(=O)C1. The fraction of sp³-hybridized carbons (Fsp3) is 0.600. The molecule has 4 atom stereocenters. The topological polar surface area (TPSA) is 29.1 Å². The van der Waals surface area contributed by atoms with E-state index >= 15 is 0 Å². The van der Waals surface area contributed by atoms with Gasteiger partial charge in [0, 0.05) is 22.6 Å². The van der Waals surface area contributed by atoms with Crippen LogP contribution >= 0.6 is 0 Å². The van der Waals surface area contributed by atoms with Crippen molar-refractivity contribution in [3.63, 3.8) is 0 Å². The molecule has 2 nitrogen and oxygen atoms in total. The van der Waals surface area contributed by atoms with Crippen LogP contribution in [0.1, 0.15) is 32.4 Å². The molecule has 0 bridgehead atoms. The Balaban J connectivity index is 2.32. The molecule has 1 heterocycles. The highest BCUT2D eigenvalue weighted by Gasteiger charge is 2.34. The smallest absolute Gasteiger partial charge is 0.0565 e. The number of rotatable bonds is 2. The van der Waals surface area contributed by atoms with E-state index in [4.69, 9.17) is 0 Å². The van der Waals surface area contributed by atoms with Gasteiger partial charge >= 0.3 is 0 Å². The van der Waals surface area contributed by atoms with Crippen molar-refractivity contribution in [2.45, 2.75) is 32.1 Å². The summed E-state index contributed by atoms with van der Waals surface area (Å²) in [4.78, 5) is 0. The van der Waals surface area contributed by atoms with Gasteiger partial charge in [-0.25, -0.2) is 0 Å². The molecule has 18 heavy (non-hydrogen) atoms. The van der Waals surface area contributed by atoms with Gasteiger partial charge in [-0.15, -0.1) is 0 Å². The molecule has 0 radical (unpaired) electrons. The van der Waals surface area contributed by atoms with Crippen LogP contribution < -0.4 is 5.32 Å². The maximum Gasteiger partial charge on any atom is 0.0565 e. The average Bonchev–Trinajstić information content (AvgIpc) is 2.48. The van der Waals surface area contributed by atoms with E-state index in [9.17, 15) is 4.21 Å². The van der Waals surface area contributed by atoms with Gasteiger partial charge in [0.1, 0.15) is 0 Å². The van der Waals surface area contributed by atoms with Crippen LogP contribution in [-0.4, -0.2) is 21.8 Å². The first-order chi connectivity index (χ1) is 8.59. The molecule has 0 spiro atoms. The quantitative estimate of drug-likeness (QED) is 0.891. The van der Waals surface area contributed by atoms with E-state index in [0.717, 1.165) is 12.3 Å². The molecule has 0 aromatic heterocycles. The van der Waals surface area contributed by atoms with Crippen LogP contribution in [0.4, 0.5) is 0 Å². The van der Waals surface area contributed by atoms with Crippen LogP contribution in [0.15, 0.2) is 30.3 Å². The second-order valence-corrected chi connectivity index (χ2v) is 7.30. The van der Waals surface area contributed by atoms with Gasteiger partial charge in [-0.3, -0.25) is 4.21 Å². The van der Waals surface area contributed by atoms with Crippen LogP contribution in [0.3, 0.4) is 0 Å². The summed E-state index contributed by atoms with van der Waals surface area (Å²) in [5.74, 6) is 1.73. The van der Waals surface area contributed by atoms with Crippen LogP contribution in [0.2, 0.25) is 0 Å². The summed E-state index contributed by atoms with van der Waals surface area (Å²) in [5.41, 5.74) is 1.26. The molecule has 4 unspecified atom stereocenters. The van der Waals surface area contributed by atoms with Gasteiger partial charge < -0.3 is 5.32 Å². The Bertz CT molecular complexity index is 404. The van der Waals surface area contributed by atoms with Crippen molar-refractivity contribution in [1.29, 1.82) is 0 Å². The van der Waals surface area contributed by atoms with Crippen molar-refractivity contribution >= 4 is 10.8 Å². The molecular weight excluding hydrogens is 242 g/mol. The summed E-state index contributed by atoms with van der Waals surface area (Å²) >= 11 is 0. The van der Waals surface area contributed by atoms with Gasteiger partial charge in [0.15, 0.2) is 0 Å². The summed E-state index contributed by atoms with van der Waals surface area (Å²) < 4.78 is 12.5. The molecular formula is C15H23NOS. The Morgan fingerprint density at radius 1 is 1.28 bits per heavy atom. The summed E-state index contributed by atoms with van der Waals surface area (Å²) in [7, 11) is -0.749. The van der Waals surface area contributed by atoms with Gasteiger partial charge in [-0.05, 0) is 23.9 Å². The van der Waals surface area contributed by atoms with Crippen molar-refractivity contribution in [3.05, 3.63) is 35.9 Å². The molecule has 3 heteroatoms. The van der Waals surface area contributed by atoms with Crippen LogP contribution in [0.25, 0.3) is 0 Å². The highest BCUT2D eigenvalue weighted by Crippen LogP contribution is 2.29. The maximum absolute atomic E-state index is 12.5. The van der Waals surface area contributed by atoms with Crippen LogP contribution in [0, 0.1) is 11.8 Å². The van der Waals surface area contributed by atoms with Crippen LogP contribution in [-0.2, 0) is 10.8 Å². The third-order valence-electron chi connectivity index (χ3n) is 3.58. The first-order valence-electron chi connectivity index (χ1n) is 6.75. The lowest BCUT2D eigenvalue weighted by molar-refractivity contribution is 0.429. The van der Waals surface area contributed by atoms with Crippen molar-refractivity contribution in [1.82, 2.24) is 5.32 Å². The van der Waals surface area contributed by atoms with Gasteiger partial charge in [0.05, 0.1) is 5.25 Å². The minimum Gasteiger partial charge on any atom is -0.309 e. The lowest BCUT2D eigenvalue weighted by Crippen LogP contribution is -2.36. The first kappa shape index (κ1) is 13.8.